The molecule has 2 aliphatic rings. The Bertz CT molecular complexity index is 259. The molecule has 2 heterocycles. The van der Waals surface area contributed by atoms with E-state index in [1.54, 1.807) is 0 Å². The summed E-state index contributed by atoms with van der Waals surface area (Å²) in [6, 6.07) is 0. The Hall–Kier alpha value is -0.135. The first kappa shape index (κ1) is 15.3. The van der Waals surface area contributed by atoms with Crippen LogP contribution < -0.4 is 5.32 Å². The summed E-state index contributed by atoms with van der Waals surface area (Å²) in [7, 11) is 0. The van der Waals surface area contributed by atoms with Crippen LogP contribution in [0.3, 0.4) is 0 Å². The maximum atomic E-state index is 5.93. The van der Waals surface area contributed by atoms with Crippen LogP contribution in [0.2, 0.25) is 0 Å². The molecule has 19 heavy (non-hydrogen) atoms. The smallest absolute Gasteiger partial charge is 0.518 e. The highest BCUT2D eigenvalue weighted by Crippen LogP contribution is 2.36. The molecule has 0 unspecified atom stereocenters. The fourth-order valence-electron chi connectivity index (χ4n) is 2.70. The van der Waals surface area contributed by atoms with Gasteiger partial charge >= 0.3 is 6.96 Å². The lowest BCUT2D eigenvalue weighted by Gasteiger charge is -2.51. The Labute approximate surface area is 116 Å². The molecule has 0 aliphatic carbocycles. The first-order valence-corrected chi connectivity index (χ1v) is 7.74. The molecule has 0 aromatic heterocycles. The van der Waals surface area contributed by atoms with Gasteiger partial charge in [0.25, 0.3) is 0 Å². The predicted molar refractivity (Wildman–Crippen MR) is 73.5 cm³/mol. The van der Waals surface area contributed by atoms with E-state index in [-0.39, 0.29) is 5.41 Å². The molecule has 0 aromatic rings. The van der Waals surface area contributed by atoms with Crippen LogP contribution in [0.4, 0.5) is 0 Å². The van der Waals surface area contributed by atoms with Gasteiger partial charge in [-0.25, -0.2) is 0 Å². The van der Waals surface area contributed by atoms with Crippen molar-refractivity contribution >= 4 is 6.96 Å². The summed E-state index contributed by atoms with van der Waals surface area (Å²) in [4.78, 5) is 0. The molecule has 0 radical (unpaired) electrons. The molecule has 0 amide bonds. The van der Waals surface area contributed by atoms with E-state index in [1.165, 1.54) is 12.8 Å². The van der Waals surface area contributed by atoms with Crippen molar-refractivity contribution in [2.24, 2.45) is 5.41 Å². The molecule has 6 heteroatoms. The lowest BCUT2D eigenvalue weighted by Crippen LogP contribution is -2.87. The minimum Gasteiger partial charge on any atom is -0.518 e. The minimum atomic E-state index is -1.95. The molecule has 0 bridgehead atoms. The number of quaternary nitrogens is 1. The van der Waals surface area contributed by atoms with Crippen LogP contribution >= 0.6 is 0 Å². The second-order valence-corrected chi connectivity index (χ2v) is 5.76. The molecule has 0 saturated carbocycles. The third kappa shape index (κ3) is 3.92. The van der Waals surface area contributed by atoms with Crippen molar-refractivity contribution in [2.45, 2.75) is 39.5 Å². The van der Waals surface area contributed by atoms with Crippen LogP contribution in [0.15, 0.2) is 0 Å². The number of unbranched alkanes of at least 4 members (excludes halogenated alkanes) is 1. The maximum absolute atomic E-state index is 5.93. The number of nitrogens with two attached hydrogens (primary N) is 1. The number of hydrogen-bond donors (Lipinski definition) is 1. The van der Waals surface area contributed by atoms with Gasteiger partial charge in [0.05, 0.1) is 26.3 Å². The minimum absolute atomic E-state index is 0.143. The third-order valence-electron chi connectivity index (χ3n) is 4.29. The van der Waals surface area contributed by atoms with Gasteiger partial charge in [0.15, 0.2) is 0 Å². The average Bonchev–Trinajstić information content (AvgIpc) is 2.43. The van der Waals surface area contributed by atoms with E-state index in [9.17, 15) is 0 Å². The molecule has 2 rings (SSSR count). The van der Waals surface area contributed by atoms with Crippen LogP contribution in [-0.2, 0) is 18.6 Å². The van der Waals surface area contributed by atoms with Gasteiger partial charge in [0, 0.05) is 18.6 Å². The van der Waals surface area contributed by atoms with E-state index in [1.807, 2.05) is 0 Å². The van der Waals surface area contributed by atoms with Crippen molar-refractivity contribution in [1.82, 2.24) is 0 Å². The van der Waals surface area contributed by atoms with Gasteiger partial charge in [0.2, 0.25) is 0 Å². The summed E-state index contributed by atoms with van der Waals surface area (Å²) in [6.07, 6.45) is 4.66. The first-order valence-electron chi connectivity index (χ1n) is 7.74. The Balaban J connectivity index is 1.91. The van der Waals surface area contributed by atoms with Crippen molar-refractivity contribution in [1.29, 1.82) is 0 Å². The van der Waals surface area contributed by atoms with Crippen LogP contribution in [0, 0.1) is 5.41 Å². The van der Waals surface area contributed by atoms with Crippen molar-refractivity contribution in [3.63, 3.8) is 0 Å². The van der Waals surface area contributed by atoms with Crippen molar-refractivity contribution in [2.75, 3.05) is 39.5 Å². The second-order valence-electron chi connectivity index (χ2n) is 5.76. The van der Waals surface area contributed by atoms with E-state index >= 15 is 0 Å². The third-order valence-corrected chi connectivity index (χ3v) is 4.29. The zero-order valence-corrected chi connectivity index (χ0v) is 12.4. The molecule has 2 N–H and O–H groups in total. The zero-order chi connectivity index (χ0) is 13.6. The summed E-state index contributed by atoms with van der Waals surface area (Å²) < 4.78 is 23.3. The summed E-state index contributed by atoms with van der Waals surface area (Å²) in [5, 5.41) is 2.18. The first-order chi connectivity index (χ1) is 9.24. The highest BCUT2D eigenvalue weighted by molar-refractivity contribution is 6.53. The van der Waals surface area contributed by atoms with Crippen molar-refractivity contribution in [3.05, 3.63) is 0 Å². The molecule has 5 nitrogen and oxygen atoms in total. The summed E-state index contributed by atoms with van der Waals surface area (Å²) in [5.74, 6) is 0. The summed E-state index contributed by atoms with van der Waals surface area (Å²) >= 11 is 0. The monoisotopic (exact) mass is 273 g/mol. The normalized spacial score (nSPS) is 26.8. The van der Waals surface area contributed by atoms with E-state index in [0.29, 0.717) is 26.4 Å². The van der Waals surface area contributed by atoms with Crippen LogP contribution in [-0.4, -0.2) is 46.5 Å². The molecule has 2 saturated heterocycles. The van der Waals surface area contributed by atoms with E-state index in [0.717, 1.165) is 25.9 Å². The number of hydrogen-bond acceptors (Lipinski definition) is 4. The lowest BCUT2D eigenvalue weighted by molar-refractivity contribution is -0.658. The molecule has 1 spiro atoms. The van der Waals surface area contributed by atoms with Gasteiger partial charge < -0.3 is 23.9 Å². The standard InChI is InChI=1S/C13H27BNO4/c1-3-5-6-13(4-2)11-18-14(19-12-13)16-9-7-15-8-10-17-14/h15H,3-12H2,1-2H3/q-1/p+1. The summed E-state index contributed by atoms with van der Waals surface area (Å²) in [6.45, 7) is 6.97. The molecular formula is C13H28BNO4. The fourth-order valence-corrected chi connectivity index (χ4v) is 2.70. The molecule has 112 valence electrons. The van der Waals surface area contributed by atoms with Crippen LogP contribution in [0.1, 0.15) is 39.5 Å². The van der Waals surface area contributed by atoms with Gasteiger partial charge in [-0.05, 0) is 12.8 Å². The molecule has 0 atom stereocenters. The molecule has 2 fully saturated rings. The predicted octanol–water partition coefficient (Wildman–Crippen LogP) is 0.666. The van der Waals surface area contributed by atoms with E-state index in [4.69, 9.17) is 18.6 Å². The Morgan fingerprint density at radius 1 is 1.00 bits per heavy atom. The fraction of sp³-hybridized carbons (Fsp3) is 1.00. The van der Waals surface area contributed by atoms with E-state index < -0.39 is 6.96 Å². The highest BCUT2D eigenvalue weighted by Gasteiger charge is 2.43. The Morgan fingerprint density at radius 2 is 1.63 bits per heavy atom. The Morgan fingerprint density at radius 3 is 2.16 bits per heavy atom. The molecule has 2 aliphatic heterocycles. The lowest BCUT2D eigenvalue weighted by atomic mass is 9.79. The molecule has 0 aromatic carbocycles. The van der Waals surface area contributed by atoms with E-state index in [2.05, 4.69) is 19.2 Å². The van der Waals surface area contributed by atoms with Gasteiger partial charge in [-0.2, -0.15) is 0 Å². The van der Waals surface area contributed by atoms with Gasteiger partial charge in [-0.3, -0.25) is 0 Å². The maximum Gasteiger partial charge on any atom is 0.531 e. The highest BCUT2D eigenvalue weighted by atomic mass is 16.9. The van der Waals surface area contributed by atoms with Crippen molar-refractivity contribution < 1.29 is 23.9 Å². The topological polar surface area (TPSA) is 53.5 Å². The van der Waals surface area contributed by atoms with Gasteiger partial charge in [-0.1, -0.05) is 26.7 Å². The zero-order valence-electron chi connectivity index (χ0n) is 12.4. The van der Waals surface area contributed by atoms with Crippen LogP contribution in [0.5, 0.6) is 0 Å². The van der Waals surface area contributed by atoms with Crippen LogP contribution in [0.25, 0.3) is 0 Å². The quantitative estimate of drug-likeness (QED) is 0.765. The van der Waals surface area contributed by atoms with Gasteiger partial charge in [-0.15, -0.1) is 0 Å². The largest absolute Gasteiger partial charge is 0.531 e. The second kappa shape index (κ2) is 7.04. The molecular weight excluding hydrogens is 245 g/mol. The number of rotatable bonds is 4. The Kier molecular flexibility index (Phi) is 5.65. The van der Waals surface area contributed by atoms with Crippen molar-refractivity contribution in [3.8, 4) is 0 Å². The van der Waals surface area contributed by atoms with Gasteiger partial charge in [0.1, 0.15) is 0 Å². The average molecular weight is 273 g/mol. The summed E-state index contributed by atoms with van der Waals surface area (Å²) in [5.41, 5.74) is 0.143. The SMILES string of the molecule is CCCCC1(CC)CO[B-]2(OCC[NH2+]CCO2)OC1.